The van der Waals surface area contributed by atoms with Gasteiger partial charge in [-0.3, -0.25) is 14.5 Å². The van der Waals surface area contributed by atoms with Gasteiger partial charge in [-0.25, -0.2) is 4.98 Å². The molecule has 3 heterocycles. The van der Waals surface area contributed by atoms with E-state index in [0.717, 1.165) is 22.7 Å². The molecule has 0 N–H and O–H groups in total. The number of hydrogen-bond donors (Lipinski definition) is 0. The van der Waals surface area contributed by atoms with Crippen molar-refractivity contribution in [2.45, 2.75) is 19.4 Å². The molecule has 2 aromatic carbocycles. The van der Waals surface area contributed by atoms with E-state index in [1.54, 1.807) is 28.1 Å². The third kappa shape index (κ3) is 4.62. The lowest BCUT2D eigenvalue weighted by molar-refractivity contribution is -0.136. The van der Waals surface area contributed by atoms with Gasteiger partial charge in [0.05, 0.1) is 29.6 Å². The molecule has 1 atom stereocenters. The molecular formula is C25H25N3O4S. The van der Waals surface area contributed by atoms with Gasteiger partial charge in [0.1, 0.15) is 12.3 Å². The summed E-state index contributed by atoms with van der Waals surface area (Å²) in [6.07, 6.45) is 0.132. The maximum absolute atomic E-state index is 13.0. The van der Waals surface area contributed by atoms with Gasteiger partial charge in [-0.2, -0.15) is 0 Å². The number of carbonyl (C=O) groups is 2. The first-order chi connectivity index (χ1) is 16.1. The largest absolute Gasteiger partial charge is 0.479 e. The van der Waals surface area contributed by atoms with E-state index in [2.05, 4.69) is 12.1 Å². The fourth-order valence-corrected chi connectivity index (χ4v) is 4.91. The third-order valence-electron chi connectivity index (χ3n) is 5.87. The molecule has 1 aromatic heterocycles. The maximum atomic E-state index is 13.0. The zero-order valence-corrected chi connectivity index (χ0v) is 19.2. The van der Waals surface area contributed by atoms with Crippen LogP contribution in [0.25, 0.3) is 11.3 Å². The van der Waals surface area contributed by atoms with E-state index >= 15 is 0 Å². The molecule has 7 nitrogen and oxygen atoms in total. The Kier molecular flexibility index (Phi) is 6.11. The minimum absolute atomic E-state index is 0.0146. The van der Waals surface area contributed by atoms with Crippen molar-refractivity contribution >= 4 is 28.8 Å². The van der Waals surface area contributed by atoms with Gasteiger partial charge >= 0.3 is 0 Å². The van der Waals surface area contributed by atoms with Crippen LogP contribution in [0.4, 0.5) is 5.69 Å². The van der Waals surface area contributed by atoms with Crippen LogP contribution < -0.4 is 9.64 Å². The van der Waals surface area contributed by atoms with Gasteiger partial charge in [0.15, 0.2) is 6.10 Å². The first-order valence-electron chi connectivity index (χ1n) is 11.0. The molecule has 8 heteroatoms. The number of ether oxygens (including phenoxy) is 2. The fourth-order valence-electron chi connectivity index (χ4n) is 4.07. The zero-order valence-electron chi connectivity index (χ0n) is 18.4. The molecule has 33 heavy (non-hydrogen) atoms. The van der Waals surface area contributed by atoms with E-state index in [1.165, 1.54) is 5.56 Å². The van der Waals surface area contributed by atoms with Crippen molar-refractivity contribution in [1.82, 2.24) is 9.88 Å². The Morgan fingerprint density at radius 3 is 2.73 bits per heavy atom. The summed E-state index contributed by atoms with van der Waals surface area (Å²) in [6.45, 7) is 3.83. The number of hydrogen-bond acceptors (Lipinski definition) is 6. The van der Waals surface area contributed by atoms with Crippen LogP contribution in [-0.2, 0) is 20.7 Å². The summed E-state index contributed by atoms with van der Waals surface area (Å²) in [7, 11) is 0. The summed E-state index contributed by atoms with van der Waals surface area (Å²) in [5.41, 5.74) is 3.55. The van der Waals surface area contributed by atoms with E-state index in [4.69, 9.17) is 14.5 Å². The van der Waals surface area contributed by atoms with E-state index in [1.807, 2.05) is 41.8 Å². The summed E-state index contributed by atoms with van der Waals surface area (Å²) in [4.78, 5) is 33.9. The normalized spacial score (nSPS) is 18.1. The van der Waals surface area contributed by atoms with Gasteiger partial charge in [0, 0.05) is 30.5 Å². The second kappa shape index (κ2) is 9.33. The Morgan fingerprint density at radius 1 is 1.15 bits per heavy atom. The molecule has 170 valence electrons. The average molecular weight is 464 g/mol. The molecule has 0 saturated carbocycles. The van der Waals surface area contributed by atoms with Crippen LogP contribution in [0, 0.1) is 0 Å². The number of anilines is 1. The molecule has 0 bridgehead atoms. The molecule has 1 fully saturated rings. The van der Waals surface area contributed by atoms with E-state index in [9.17, 15) is 9.59 Å². The molecule has 0 radical (unpaired) electrons. The smallest absolute Gasteiger partial charge is 0.268 e. The van der Waals surface area contributed by atoms with E-state index in [-0.39, 0.29) is 18.4 Å². The van der Waals surface area contributed by atoms with Crippen molar-refractivity contribution < 1.29 is 19.1 Å². The number of benzene rings is 2. The Labute approximate surface area is 196 Å². The highest BCUT2D eigenvalue weighted by molar-refractivity contribution is 7.10. The minimum Gasteiger partial charge on any atom is -0.479 e. The zero-order chi connectivity index (χ0) is 22.8. The van der Waals surface area contributed by atoms with Crippen LogP contribution in [0.1, 0.15) is 17.5 Å². The molecule has 3 aromatic rings. The molecule has 0 aliphatic carbocycles. The van der Waals surface area contributed by atoms with Gasteiger partial charge in [-0.05, 0) is 30.7 Å². The van der Waals surface area contributed by atoms with Crippen molar-refractivity contribution in [1.29, 1.82) is 0 Å². The van der Waals surface area contributed by atoms with Gasteiger partial charge in [0.2, 0.25) is 5.91 Å². The number of nitrogens with zero attached hydrogens (tertiary/aromatic N) is 3. The van der Waals surface area contributed by atoms with Crippen LogP contribution in [-0.4, -0.2) is 60.7 Å². The minimum atomic E-state index is -0.641. The maximum Gasteiger partial charge on any atom is 0.268 e. The van der Waals surface area contributed by atoms with Crippen LogP contribution in [0.3, 0.4) is 0 Å². The third-order valence-corrected chi connectivity index (χ3v) is 6.72. The number of morpholine rings is 1. The average Bonchev–Trinajstić information content (AvgIpc) is 3.31. The van der Waals surface area contributed by atoms with Crippen molar-refractivity contribution in [3.05, 3.63) is 64.5 Å². The number of rotatable bonds is 5. The van der Waals surface area contributed by atoms with E-state index in [0.29, 0.717) is 37.7 Å². The fraction of sp³-hybridized carbons (Fsp3) is 0.320. The van der Waals surface area contributed by atoms with E-state index < -0.39 is 6.10 Å². The van der Waals surface area contributed by atoms with Crippen molar-refractivity contribution in [2.75, 3.05) is 37.7 Å². The second-order valence-corrected chi connectivity index (χ2v) is 9.09. The summed E-state index contributed by atoms with van der Waals surface area (Å²) in [5, 5.41) is 3.05. The first-order valence-corrected chi connectivity index (χ1v) is 11.9. The Balaban J connectivity index is 1.40. The monoisotopic (exact) mass is 463 g/mol. The van der Waals surface area contributed by atoms with Gasteiger partial charge in [0.25, 0.3) is 5.91 Å². The lowest BCUT2D eigenvalue weighted by Gasteiger charge is -2.35. The second-order valence-electron chi connectivity index (χ2n) is 8.15. The lowest BCUT2D eigenvalue weighted by Crippen LogP contribution is -2.51. The molecule has 1 saturated heterocycles. The number of amides is 2. The van der Waals surface area contributed by atoms with Gasteiger partial charge < -0.3 is 14.4 Å². The summed E-state index contributed by atoms with van der Waals surface area (Å²) < 4.78 is 11.2. The molecule has 2 aliphatic rings. The lowest BCUT2D eigenvalue weighted by atomic mass is 10.1. The molecule has 2 amide bonds. The highest BCUT2D eigenvalue weighted by Gasteiger charge is 2.34. The topological polar surface area (TPSA) is 72.0 Å². The first kappa shape index (κ1) is 21.6. The summed E-state index contributed by atoms with van der Waals surface area (Å²) in [6, 6.07) is 15.9. The molecule has 5 rings (SSSR count). The Bertz CT molecular complexity index is 1160. The van der Waals surface area contributed by atoms with Crippen LogP contribution in [0.5, 0.6) is 5.75 Å². The van der Waals surface area contributed by atoms with Gasteiger partial charge in [-0.15, -0.1) is 11.3 Å². The summed E-state index contributed by atoms with van der Waals surface area (Å²) >= 11 is 1.61. The number of carbonyl (C=O) groups excluding carboxylic acids is 2. The quantitative estimate of drug-likeness (QED) is 0.580. The number of aromatic nitrogens is 1. The Hall–Kier alpha value is -3.23. The van der Waals surface area contributed by atoms with Crippen LogP contribution in [0.2, 0.25) is 0 Å². The molecule has 0 spiro atoms. The molecular weight excluding hydrogens is 438 g/mol. The van der Waals surface area contributed by atoms with Gasteiger partial charge in [-0.1, -0.05) is 30.3 Å². The number of thiazole rings is 1. The molecule has 2 aliphatic heterocycles. The summed E-state index contributed by atoms with van der Waals surface area (Å²) in [5.74, 6) is 0.292. The Morgan fingerprint density at radius 2 is 1.94 bits per heavy atom. The van der Waals surface area contributed by atoms with Crippen molar-refractivity contribution in [3.8, 4) is 17.0 Å². The SMILES string of the molecule is CC1Oc2ccc(-c3csc(Cc4ccccc4)n3)cc2N(CC(=O)N2CCOCC2)C1=O. The van der Waals surface area contributed by atoms with Crippen LogP contribution in [0.15, 0.2) is 53.9 Å². The predicted octanol–water partition coefficient (Wildman–Crippen LogP) is 3.37. The van der Waals surface area contributed by atoms with Crippen molar-refractivity contribution in [2.24, 2.45) is 0 Å². The van der Waals surface area contributed by atoms with Crippen molar-refractivity contribution in [3.63, 3.8) is 0 Å². The number of fused-ring (bicyclic) bond motifs is 1. The molecule has 1 unspecified atom stereocenters. The highest BCUT2D eigenvalue weighted by atomic mass is 32.1. The standard InChI is InChI=1S/C25H25N3O4S/c1-17-25(30)28(15-24(29)27-9-11-31-12-10-27)21-14-19(7-8-22(21)32-17)20-16-33-23(26-20)13-18-5-3-2-4-6-18/h2-8,14,16-17H,9-13,15H2,1H3. The predicted molar refractivity (Wildman–Crippen MR) is 127 cm³/mol. The highest BCUT2D eigenvalue weighted by Crippen LogP contribution is 2.38. The van der Waals surface area contributed by atoms with Crippen LogP contribution >= 0.6 is 11.3 Å².